The van der Waals surface area contributed by atoms with Gasteiger partial charge >= 0.3 is 0 Å². The quantitative estimate of drug-likeness (QED) is 0.775. The largest absolute Gasteiger partial charge is 0.508 e. The summed E-state index contributed by atoms with van der Waals surface area (Å²) in [6.07, 6.45) is 2.20. The van der Waals surface area contributed by atoms with Crippen LogP contribution in [-0.4, -0.2) is 20.2 Å². The van der Waals surface area contributed by atoms with Gasteiger partial charge in [-0.1, -0.05) is 5.16 Å². The molecule has 3 aromatic rings. The molecule has 2 aromatic heterocycles. The molecule has 22 heavy (non-hydrogen) atoms. The zero-order valence-corrected chi connectivity index (χ0v) is 11.6. The standard InChI is InChI=1S/C16H13N3O3/c20-12-5-3-10(4-6-12)15-18-16(22-19-15)11-7-13(9-1-2-9)17-14(21)8-11/h3-9,20H,1-2H2,(H,17,21). The molecule has 1 saturated carbocycles. The Bertz CT molecular complexity index is 876. The Morgan fingerprint density at radius 3 is 2.64 bits per heavy atom. The lowest BCUT2D eigenvalue weighted by molar-refractivity contribution is 0.432. The van der Waals surface area contributed by atoms with Crippen LogP contribution < -0.4 is 5.56 Å². The number of H-pyrrole nitrogens is 1. The van der Waals surface area contributed by atoms with Gasteiger partial charge in [0.05, 0.1) is 0 Å². The molecule has 2 heterocycles. The Morgan fingerprint density at radius 1 is 1.14 bits per heavy atom. The van der Waals surface area contributed by atoms with E-state index in [1.54, 1.807) is 24.3 Å². The molecule has 110 valence electrons. The van der Waals surface area contributed by atoms with Crippen LogP contribution in [0.2, 0.25) is 0 Å². The van der Waals surface area contributed by atoms with E-state index in [4.69, 9.17) is 4.52 Å². The maximum atomic E-state index is 11.8. The number of nitrogens with zero attached hydrogens (tertiary/aromatic N) is 2. The minimum absolute atomic E-state index is 0.163. The number of aromatic hydroxyl groups is 1. The monoisotopic (exact) mass is 295 g/mol. The highest BCUT2D eigenvalue weighted by atomic mass is 16.5. The maximum Gasteiger partial charge on any atom is 0.258 e. The SMILES string of the molecule is O=c1cc(-c2nc(-c3ccc(O)cc3)no2)cc(C2CC2)[nH]1. The van der Waals surface area contributed by atoms with E-state index in [1.165, 1.54) is 6.07 Å². The fraction of sp³-hybridized carbons (Fsp3) is 0.188. The van der Waals surface area contributed by atoms with Crippen LogP contribution in [-0.2, 0) is 0 Å². The molecule has 1 fully saturated rings. The molecular formula is C16H13N3O3. The van der Waals surface area contributed by atoms with Crippen LogP contribution in [0, 0.1) is 0 Å². The number of aromatic nitrogens is 3. The first-order chi connectivity index (χ1) is 10.7. The lowest BCUT2D eigenvalue weighted by Gasteiger charge is -1.99. The fourth-order valence-electron chi connectivity index (χ4n) is 2.37. The topological polar surface area (TPSA) is 92.0 Å². The molecule has 0 amide bonds. The summed E-state index contributed by atoms with van der Waals surface area (Å²) in [7, 11) is 0. The highest BCUT2D eigenvalue weighted by Crippen LogP contribution is 2.39. The minimum Gasteiger partial charge on any atom is -0.508 e. The summed E-state index contributed by atoms with van der Waals surface area (Å²) in [6.45, 7) is 0. The molecule has 0 spiro atoms. The van der Waals surface area contributed by atoms with Gasteiger partial charge in [-0.05, 0) is 49.1 Å². The summed E-state index contributed by atoms with van der Waals surface area (Å²) in [5.74, 6) is 1.35. The molecule has 0 radical (unpaired) electrons. The van der Waals surface area contributed by atoms with Gasteiger partial charge in [-0.15, -0.1) is 0 Å². The van der Waals surface area contributed by atoms with Gasteiger partial charge in [-0.25, -0.2) is 0 Å². The Balaban J connectivity index is 1.72. The second kappa shape index (κ2) is 4.84. The molecule has 6 nitrogen and oxygen atoms in total. The number of aromatic amines is 1. The van der Waals surface area contributed by atoms with E-state index < -0.39 is 0 Å². The number of phenols is 1. The summed E-state index contributed by atoms with van der Waals surface area (Å²) in [4.78, 5) is 18.9. The molecule has 0 unspecified atom stereocenters. The summed E-state index contributed by atoms with van der Waals surface area (Å²) in [5.41, 5.74) is 2.12. The molecule has 1 aromatic carbocycles. The molecule has 2 N–H and O–H groups in total. The average Bonchev–Trinajstić information content (AvgIpc) is 3.25. The first kappa shape index (κ1) is 12.8. The first-order valence-electron chi connectivity index (χ1n) is 7.07. The molecule has 1 aliphatic carbocycles. The summed E-state index contributed by atoms with van der Waals surface area (Å²) in [5, 5.41) is 13.2. The van der Waals surface area contributed by atoms with Gasteiger partial charge in [0.2, 0.25) is 11.4 Å². The fourth-order valence-corrected chi connectivity index (χ4v) is 2.37. The number of nitrogens with one attached hydrogen (secondary N) is 1. The highest BCUT2D eigenvalue weighted by Gasteiger charge is 2.25. The normalized spacial score (nSPS) is 14.2. The maximum absolute atomic E-state index is 11.8. The second-order valence-corrected chi connectivity index (χ2v) is 5.43. The van der Waals surface area contributed by atoms with Crippen molar-refractivity contribution in [1.82, 2.24) is 15.1 Å². The van der Waals surface area contributed by atoms with Crippen molar-refractivity contribution < 1.29 is 9.63 Å². The smallest absolute Gasteiger partial charge is 0.258 e. The van der Waals surface area contributed by atoms with E-state index in [2.05, 4.69) is 15.1 Å². The van der Waals surface area contributed by atoms with Crippen LogP contribution in [0.1, 0.15) is 24.5 Å². The van der Waals surface area contributed by atoms with Gasteiger partial charge in [0, 0.05) is 22.9 Å². The van der Waals surface area contributed by atoms with Gasteiger partial charge in [0.1, 0.15) is 5.75 Å². The molecule has 1 aliphatic rings. The minimum atomic E-state index is -0.163. The van der Waals surface area contributed by atoms with Crippen molar-refractivity contribution >= 4 is 0 Å². The predicted octanol–water partition coefficient (Wildman–Crippen LogP) is 2.67. The number of benzene rings is 1. The van der Waals surface area contributed by atoms with Gasteiger partial charge in [-0.2, -0.15) is 4.98 Å². The zero-order valence-electron chi connectivity index (χ0n) is 11.6. The number of hydrogen-bond donors (Lipinski definition) is 2. The molecule has 4 rings (SSSR count). The van der Waals surface area contributed by atoms with Crippen molar-refractivity contribution in [3.05, 3.63) is 52.4 Å². The molecule has 0 bridgehead atoms. The van der Waals surface area contributed by atoms with Gasteiger partial charge < -0.3 is 14.6 Å². The van der Waals surface area contributed by atoms with Crippen LogP contribution >= 0.6 is 0 Å². The van der Waals surface area contributed by atoms with Crippen LogP contribution in [0.5, 0.6) is 5.75 Å². The van der Waals surface area contributed by atoms with Crippen molar-refractivity contribution in [2.75, 3.05) is 0 Å². The number of hydrogen-bond acceptors (Lipinski definition) is 5. The van der Waals surface area contributed by atoms with Gasteiger partial charge in [-0.3, -0.25) is 4.79 Å². The van der Waals surface area contributed by atoms with E-state index in [9.17, 15) is 9.90 Å². The third-order valence-electron chi connectivity index (χ3n) is 3.68. The van der Waals surface area contributed by atoms with Crippen molar-refractivity contribution in [3.63, 3.8) is 0 Å². The van der Waals surface area contributed by atoms with Crippen LogP contribution in [0.25, 0.3) is 22.8 Å². The third-order valence-corrected chi connectivity index (χ3v) is 3.68. The Hall–Kier alpha value is -2.89. The molecule has 0 atom stereocenters. The number of rotatable bonds is 3. The third kappa shape index (κ3) is 2.39. The lowest BCUT2D eigenvalue weighted by Crippen LogP contribution is -2.07. The Kier molecular flexibility index (Phi) is 2.82. The molecule has 0 saturated heterocycles. The predicted molar refractivity (Wildman–Crippen MR) is 79.4 cm³/mol. The van der Waals surface area contributed by atoms with Crippen LogP contribution in [0.15, 0.2) is 45.7 Å². The van der Waals surface area contributed by atoms with Crippen LogP contribution in [0.4, 0.5) is 0 Å². The zero-order chi connectivity index (χ0) is 15.1. The van der Waals surface area contributed by atoms with Crippen molar-refractivity contribution in [2.24, 2.45) is 0 Å². The van der Waals surface area contributed by atoms with Crippen molar-refractivity contribution in [3.8, 4) is 28.6 Å². The van der Waals surface area contributed by atoms with E-state index in [0.717, 1.165) is 24.1 Å². The van der Waals surface area contributed by atoms with E-state index in [1.807, 2.05) is 6.07 Å². The van der Waals surface area contributed by atoms with Gasteiger partial charge in [0.15, 0.2) is 0 Å². The average molecular weight is 295 g/mol. The molecule has 6 heteroatoms. The summed E-state index contributed by atoms with van der Waals surface area (Å²) in [6, 6.07) is 9.88. The van der Waals surface area contributed by atoms with Gasteiger partial charge in [0.25, 0.3) is 5.89 Å². The number of pyridine rings is 1. The summed E-state index contributed by atoms with van der Waals surface area (Å²) < 4.78 is 5.27. The van der Waals surface area contributed by atoms with Crippen LogP contribution in [0.3, 0.4) is 0 Å². The first-order valence-corrected chi connectivity index (χ1v) is 7.07. The second-order valence-electron chi connectivity index (χ2n) is 5.43. The van der Waals surface area contributed by atoms with E-state index in [0.29, 0.717) is 23.2 Å². The molecular weight excluding hydrogens is 282 g/mol. The summed E-state index contributed by atoms with van der Waals surface area (Å²) >= 11 is 0. The Morgan fingerprint density at radius 2 is 1.91 bits per heavy atom. The Labute approximate surface area is 125 Å². The molecule has 0 aliphatic heterocycles. The number of phenolic OH excluding ortho intramolecular Hbond substituents is 1. The van der Waals surface area contributed by atoms with E-state index >= 15 is 0 Å². The highest BCUT2D eigenvalue weighted by molar-refractivity contribution is 5.60. The van der Waals surface area contributed by atoms with E-state index in [-0.39, 0.29) is 11.3 Å². The lowest BCUT2D eigenvalue weighted by atomic mass is 10.1. The van der Waals surface area contributed by atoms with Crippen molar-refractivity contribution in [1.29, 1.82) is 0 Å². The van der Waals surface area contributed by atoms with Crippen molar-refractivity contribution in [2.45, 2.75) is 18.8 Å².